The van der Waals surface area contributed by atoms with Crippen LogP contribution in [0.2, 0.25) is 0 Å². The maximum absolute atomic E-state index is 13.5. The van der Waals surface area contributed by atoms with Gasteiger partial charge in [-0.3, -0.25) is 14.5 Å². The van der Waals surface area contributed by atoms with E-state index < -0.39 is 0 Å². The first-order valence-electron chi connectivity index (χ1n) is 9.80. The number of ketones is 1. The molecule has 1 N–H and O–H groups in total. The molecule has 4 nitrogen and oxygen atoms in total. The molecule has 3 heterocycles. The Morgan fingerprint density at radius 2 is 1.76 bits per heavy atom. The van der Waals surface area contributed by atoms with Crippen LogP contribution in [0.1, 0.15) is 45.6 Å². The van der Waals surface area contributed by atoms with E-state index in [9.17, 15) is 9.59 Å². The van der Waals surface area contributed by atoms with Gasteiger partial charge in [-0.25, -0.2) is 0 Å². The van der Waals surface area contributed by atoms with Crippen molar-refractivity contribution >= 4 is 34.4 Å². The molecule has 1 aromatic heterocycles. The van der Waals surface area contributed by atoms with Crippen molar-refractivity contribution in [2.75, 3.05) is 10.2 Å². The Hall–Kier alpha value is -3.18. The summed E-state index contributed by atoms with van der Waals surface area (Å²) in [5.74, 6) is 0.269. The number of Topliss-reactive ketones (excluding diaryl/α,β-unsaturated/α-hetero) is 1. The highest BCUT2D eigenvalue weighted by Gasteiger charge is 2.46. The molecule has 142 valence electrons. The minimum absolute atomic E-state index is 0.0400. The number of rotatable bonds is 1. The molecule has 5 heteroatoms. The molecule has 1 aliphatic carbocycles. The van der Waals surface area contributed by atoms with Gasteiger partial charge in [0.25, 0.3) is 5.91 Å². The van der Waals surface area contributed by atoms with Crippen molar-refractivity contribution in [3.8, 4) is 0 Å². The summed E-state index contributed by atoms with van der Waals surface area (Å²) >= 11 is 1.70. The van der Waals surface area contributed by atoms with Crippen molar-refractivity contribution in [1.29, 1.82) is 0 Å². The predicted molar refractivity (Wildman–Crippen MR) is 114 cm³/mol. The van der Waals surface area contributed by atoms with Gasteiger partial charge in [-0.2, -0.15) is 0 Å². The van der Waals surface area contributed by atoms with Crippen molar-refractivity contribution in [3.05, 3.63) is 93.3 Å². The third-order valence-electron chi connectivity index (χ3n) is 6.14. The molecule has 0 fully saturated rings. The van der Waals surface area contributed by atoms with Crippen molar-refractivity contribution in [3.63, 3.8) is 0 Å². The zero-order valence-corrected chi connectivity index (χ0v) is 16.4. The van der Waals surface area contributed by atoms with E-state index in [0.717, 1.165) is 34.6 Å². The van der Waals surface area contributed by atoms with Gasteiger partial charge in [0.05, 0.1) is 17.4 Å². The van der Waals surface area contributed by atoms with E-state index in [1.54, 1.807) is 16.2 Å². The topological polar surface area (TPSA) is 49.4 Å². The van der Waals surface area contributed by atoms with Gasteiger partial charge >= 0.3 is 0 Å². The van der Waals surface area contributed by atoms with E-state index in [2.05, 4.69) is 16.8 Å². The highest BCUT2D eigenvalue weighted by molar-refractivity contribution is 7.10. The van der Waals surface area contributed by atoms with E-state index in [1.165, 1.54) is 4.88 Å². The molecule has 0 unspecified atom stereocenters. The summed E-state index contributed by atoms with van der Waals surface area (Å²) in [4.78, 5) is 29.9. The largest absolute Gasteiger partial charge is 0.357 e. The number of carbonyl (C=O) groups is 2. The molecule has 0 radical (unpaired) electrons. The molecule has 0 saturated carbocycles. The fraction of sp³-hybridized carbons (Fsp3) is 0.167. The van der Waals surface area contributed by atoms with Crippen LogP contribution in [0.25, 0.3) is 0 Å². The van der Waals surface area contributed by atoms with Crippen LogP contribution < -0.4 is 10.2 Å². The number of anilines is 2. The van der Waals surface area contributed by atoms with Crippen LogP contribution in [0.5, 0.6) is 0 Å². The Bertz CT molecular complexity index is 1200. The van der Waals surface area contributed by atoms with Gasteiger partial charge < -0.3 is 5.32 Å². The molecule has 0 spiro atoms. The maximum Gasteiger partial charge on any atom is 0.259 e. The summed E-state index contributed by atoms with van der Waals surface area (Å²) in [5.41, 5.74) is 5.01. The number of para-hydroxylation sites is 2. The minimum Gasteiger partial charge on any atom is -0.357 e. The number of thiophene rings is 1. The Morgan fingerprint density at radius 1 is 0.931 bits per heavy atom. The summed E-state index contributed by atoms with van der Waals surface area (Å²) in [6.07, 6.45) is 1.26. The lowest BCUT2D eigenvalue weighted by Gasteiger charge is -2.30. The fourth-order valence-corrected chi connectivity index (χ4v) is 5.72. The Labute approximate surface area is 172 Å². The number of hydrogen-bond acceptors (Lipinski definition) is 4. The molecule has 0 saturated heterocycles. The first-order chi connectivity index (χ1) is 14.2. The van der Waals surface area contributed by atoms with Crippen LogP contribution in [0, 0.1) is 0 Å². The number of fused-ring (bicyclic) bond motifs is 6. The third kappa shape index (κ3) is 2.37. The average Bonchev–Trinajstić information content (AvgIpc) is 3.33. The molecule has 2 atom stereocenters. The first-order valence-corrected chi connectivity index (χ1v) is 10.7. The lowest BCUT2D eigenvalue weighted by atomic mass is 9.81. The van der Waals surface area contributed by atoms with Crippen molar-refractivity contribution < 1.29 is 9.59 Å². The van der Waals surface area contributed by atoms with E-state index in [4.69, 9.17) is 0 Å². The Kier molecular flexibility index (Phi) is 3.56. The van der Waals surface area contributed by atoms with Crippen LogP contribution >= 0.6 is 11.3 Å². The van der Waals surface area contributed by atoms with Gasteiger partial charge in [0.1, 0.15) is 0 Å². The van der Waals surface area contributed by atoms with Crippen LogP contribution in [-0.4, -0.2) is 11.7 Å². The van der Waals surface area contributed by atoms with Gasteiger partial charge in [0.2, 0.25) is 0 Å². The van der Waals surface area contributed by atoms with Crippen LogP contribution in [0.15, 0.2) is 77.3 Å². The zero-order valence-electron chi connectivity index (χ0n) is 15.6. The molecule has 6 rings (SSSR count). The quantitative estimate of drug-likeness (QED) is 0.607. The van der Waals surface area contributed by atoms with Gasteiger partial charge in [0, 0.05) is 34.0 Å². The Morgan fingerprint density at radius 3 is 2.62 bits per heavy atom. The Balaban J connectivity index is 1.57. The van der Waals surface area contributed by atoms with Crippen molar-refractivity contribution in [2.24, 2.45) is 0 Å². The second-order valence-electron chi connectivity index (χ2n) is 7.74. The number of allylic oxidation sites excluding steroid dienone is 1. The standard InChI is InChI=1S/C24H18N2O2S/c27-20-13-14(21-10-5-11-29-21)12-18-22(20)23-15-6-1-2-7-16(15)24(28)26(23)19-9-4-3-8-17(19)25-18/h1-11,14,23,25H,12-13H2/t14-,23-/m0/s1. The van der Waals surface area contributed by atoms with Crippen LogP contribution in [0.3, 0.4) is 0 Å². The summed E-state index contributed by atoms with van der Waals surface area (Å²) in [7, 11) is 0. The summed E-state index contributed by atoms with van der Waals surface area (Å²) < 4.78 is 0. The number of benzene rings is 2. The SMILES string of the molecule is O=C1C[C@@H](c2cccs2)CC2=C1[C@@H]1c3ccccc3C(=O)N1c1ccccc1N2. The predicted octanol–water partition coefficient (Wildman–Crippen LogP) is 5.28. The molecule has 3 aromatic rings. The number of hydrogen-bond donors (Lipinski definition) is 1. The van der Waals surface area contributed by atoms with Crippen LogP contribution in [0.4, 0.5) is 11.4 Å². The molecule has 1 amide bonds. The zero-order chi connectivity index (χ0) is 19.5. The van der Waals surface area contributed by atoms with Gasteiger partial charge in [-0.05, 0) is 41.6 Å². The van der Waals surface area contributed by atoms with Crippen LogP contribution in [-0.2, 0) is 4.79 Å². The minimum atomic E-state index is -0.360. The molecule has 3 aliphatic rings. The number of carbonyl (C=O) groups excluding carboxylic acids is 2. The van der Waals surface area contributed by atoms with Crippen molar-refractivity contribution in [2.45, 2.75) is 24.8 Å². The normalized spacial score (nSPS) is 22.4. The lowest BCUT2D eigenvalue weighted by molar-refractivity contribution is -0.116. The third-order valence-corrected chi connectivity index (χ3v) is 7.17. The molecular formula is C24H18N2O2S. The number of nitrogens with zero attached hydrogens (tertiary/aromatic N) is 1. The highest BCUT2D eigenvalue weighted by atomic mass is 32.1. The molecule has 2 aromatic carbocycles. The van der Waals surface area contributed by atoms with Gasteiger partial charge in [0.15, 0.2) is 5.78 Å². The first kappa shape index (κ1) is 16.7. The fourth-order valence-electron chi connectivity index (χ4n) is 4.89. The van der Waals surface area contributed by atoms with E-state index in [0.29, 0.717) is 12.0 Å². The van der Waals surface area contributed by atoms with Gasteiger partial charge in [-0.15, -0.1) is 11.3 Å². The summed E-state index contributed by atoms with van der Waals surface area (Å²) in [5, 5.41) is 5.60. The lowest BCUT2D eigenvalue weighted by Crippen LogP contribution is -2.32. The second-order valence-corrected chi connectivity index (χ2v) is 8.72. The second kappa shape index (κ2) is 6.16. The van der Waals surface area contributed by atoms with E-state index in [1.807, 2.05) is 54.6 Å². The average molecular weight is 398 g/mol. The van der Waals surface area contributed by atoms with Gasteiger partial charge in [-0.1, -0.05) is 36.4 Å². The number of amides is 1. The summed E-state index contributed by atoms with van der Waals surface area (Å²) in [6.45, 7) is 0. The van der Waals surface area contributed by atoms with E-state index in [-0.39, 0.29) is 23.7 Å². The highest BCUT2D eigenvalue weighted by Crippen LogP contribution is 2.51. The maximum atomic E-state index is 13.5. The smallest absolute Gasteiger partial charge is 0.259 e. The molecule has 29 heavy (non-hydrogen) atoms. The summed E-state index contributed by atoms with van der Waals surface area (Å²) in [6, 6.07) is 19.3. The monoisotopic (exact) mass is 398 g/mol. The molecule has 0 bridgehead atoms. The van der Waals surface area contributed by atoms with Crippen molar-refractivity contribution in [1.82, 2.24) is 0 Å². The number of nitrogens with one attached hydrogen (secondary N) is 1. The molecule has 2 aliphatic heterocycles. The van der Waals surface area contributed by atoms with E-state index >= 15 is 0 Å². The molecular weight excluding hydrogens is 380 g/mol.